The minimum Gasteiger partial charge on any atom is -0.354 e. The molecule has 0 radical (unpaired) electrons. The van der Waals surface area contributed by atoms with Gasteiger partial charge in [-0.05, 0) is 61.2 Å². The van der Waals surface area contributed by atoms with Gasteiger partial charge >= 0.3 is 12.4 Å². The van der Waals surface area contributed by atoms with Crippen LogP contribution in [-0.4, -0.2) is 29.0 Å². The number of hydrogen-bond donors (Lipinski definition) is 1. The third-order valence-electron chi connectivity index (χ3n) is 6.34. The fourth-order valence-corrected chi connectivity index (χ4v) is 4.41. The number of fused-ring (bicyclic) bond motifs is 1. The Kier molecular flexibility index (Phi) is 6.00. The Morgan fingerprint density at radius 3 is 2.09 bits per heavy atom. The van der Waals surface area contributed by atoms with E-state index in [0.717, 1.165) is 42.5 Å². The molecular formula is C24H24F6N2. The van der Waals surface area contributed by atoms with Crippen LogP contribution in [0.15, 0.2) is 42.5 Å². The maximum Gasteiger partial charge on any atom is 0.416 e. The van der Waals surface area contributed by atoms with Crippen LogP contribution in [0, 0.1) is 0 Å². The van der Waals surface area contributed by atoms with E-state index in [1.165, 1.54) is 6.42 Å². The molecule has 0 saturated heterocycles. The molecule has 0 unspecified atom stereocenters. The smallest absolute Gasteiger partial charge is 0.354 e. The number of alkyl halides is 6. The molecule has 3 aromatic rings. The summed E-state index contributed by atoms with van der Waals surface area (Å²) in [5.41, 5.74) is -0.980. The largest absolute Gasteiger partial charge is 0.416 e. The number of rotatable bonds is 6. The lowest BCUT2D eigenvalue weighted by atomic mass is 9.91. The summed E-state index contributed by atoms with van der Waals surface area (Å²) in [4.78, 5) is 5.42. The lowest BCUT2D eigenvalue weighted by Crippen LogP contribution is -2.41. The van der Waals surface area contributed by atoms with Gasteiger partial charge in [0, 0.05) is 29.2 Å². The predicted molar refractivity (Wildman–Crippen MR) is 112 cm³/mol. The first-order valence-electron chi connectivity index (χ1n) is 10.7. The van der Waals surface area contributed by atoms with Crippen molar-refractivity contribution < 1.29 is 26.3 Å². The van der Waals surface area contributed by atoms with Crippen LogP contribution in [0.1, 0.15) is 42.9 Å². The molecule has 0 aliphatic heterocycles. The van der Waals surface area contributed by atoms with Crippen molar-refractivity contribution in [3.63, 3.8) is 0 Å². The zero-order valence-electron chi connectivity index (χ0n) is 17.6. The molecule has 4 rings (SSSR count). The highest BCUT2D eigenvalue weighted by Crippen LogP contribution is 2.40. The number of benzene rings is 2. The number of likely N-dealkylation sites (N-methyl/N-ethyl adjacent to an activating group) is 1. The van der Waals surface area contributed by atoms with Gasteiger partial charge in [-0.1, -0.05) is 31.5 Å². The van der Waals surface area contributed by atoms with E-state index < -0.39 is 23.5 Å². The molecule has 1 heterocycles. The van der Waals surface area contributed by atoms with Crippen LogP contribution in [0.25, 0.3) is 22.2 Å². The minimum atomic E-state index is -4.88. The molecule has 1 aliphatic carbocycles. The van der Waals surface area contributed by atoms with Gasteiger partial charge in [0.05, 0.1) is 11.1 Å². The number of nitrogens with zero attached hydrogens (tertiary/aromatic N) is 1. The van der Waals surface area contributed by atoms with E-state index in [1.54, 1.807) is 12.1 Å². The molecule has 1 N–H and O–H groups in total. The Morgan fingerprint density at radius 1 is 0.938 bits per heavy atom. The molecule has 32 heavy (non-hydrogen) atoms. The summed E-state index contributed by atoms with van der Waals surface area (Å²) in [5, 5.41) is 0.818. The minimum absolute atomic E-state index is 0.106. The van der Waals surface area contributed by atoms with Crippen molar-refractivity contribution in [1.29, 1.82) is 0 Å². The molecule has 8 heteroatoms. The number of nitrogens with one attached hydrogen (secondary N) is 1. The van der Waals surface area contributed by atoms with Crippen LogP contribution in [0.3, 0.4) is 0 Å². The van der Waals surface area contributed by atoms with E-state index in [-0.39, 0.29) is 11.6 Å². The molecule has 172 valence electrons. The quantitative estimate of drug-likeness (QED) is 0.388. The highest BCUT2D eigenvalue weighted by molar-refractivity contribution is 5.91. The number of aromatic amines is 1. The second-order valence-corrected chi connectivity index (χ2v) is 8.28. The molecule has 0 bridgehead atoms. The van der Waals surface area contributed by atoms with Gasteiger partial charge in [0.25, 0.3) is 0 Å². The van der Waals surface area contributed by atoms with Gasteiger partial charge in [0.15, 0.2) is 0 Å². The van der Waals surface area contributed by atoms with Crippen LogP contribution >= 0.6 is 0 Å². The van der Waals surface area contributed by atoms with Gasteiger partial charge in [-0.15, -0.1) is 0 Å². The van der Waals surface area contributed by atoms with Gasteiger partial charge in [-0.3, -0.25) is 0 Å². The summed E-state index contributed by atoms with van der Waals surface area (Å²) in [6, 6.07) is 9.50. The van der Waals surface area contributed by atoms with E-state index in [1.807, 2.05) is 12.1 Å². The highest BCUT2D eigenvalue weighted by atomic mass is 19.4. The molecule has 2 aromatic carbocycles. The van der Waals surface area contributed by atoms with E-state index in [4.69, 9.17) is 0 Å². The number of para-hydroxylation sites is 1. The second kappa shape index (κ2) is 8.46. The van der Waals surface area contributed by atoms with E-state index in [0.29, 0.717) is 30.2 Å². The summed E-state index contributed by atoms with van der Waals surface area (Å²) in [6.07, 6.45) is -5.81. The molecule has 1 saturated carbocycles. The number of halogens is 6. The Morgan fingerprint density at radius 2 is 1.56 bits per heavy atom. The normalized spacial score (nSPS) is 15.5. The molecule has 1 fully saturated rings. The first-order valence-corrected chi connectivity index (χ1v) is 10.7. The lowest BCUT2D eigenvalue weighted by molar-refractivity contribution is -0.143. The average molecular weight is 454 g/mol. The van der Waals surface area contributed by atoms with Crippen molar-refractivity contribution in [3.05, 3.63) is 59.2 Å². The van der Waals surface area contributed by atoms with Crippen LogP contribution in [-0.2, 0) is 18.8 Å². The predicted octanol–water partition coefficient (Wildman–Crippen LogP) is 7.29. The zero-order valence-corrected chi connectivity index (χ0v) is 17.6. The Hall–Kier alpha value is -2.48. The summed E-state index contributed by atoms with van der Waals surface area (Å²) in [7, 11) is 0. The van der Waals surface area contributed by atoms with Crippen LogP contribution < -0.4 is 0 Å². The summed E-state index contributed by atoms with van der Waals surface area (Å²) in [5.74, 6) is 0. The van der Waals surface area contributed by atoms with E-state index in [9.17, 15) is 26.3 Å². The third-order valence-corrected chi connectivity index (χ3v) is 6.34. The maximum absolute atomic E-state index is 13.4. The first kappa shape index (κ1) is 22.7. The van der Waals surface area contributed by atoms with Crippen molar-refractivity contribution in [3.8, 4) is 11.3 Å². The van der Waals surface area contributed by atoms with Crippen molar-refractivity contribution in [1.82, 2.24) is 9.88 Å². The second-order valence-electron chi connectivity index (χ2n) is 8.28. The average Bonchev–Trinajstić information content (AvgIpc) is 3.06. The first-order chi connectivity index (χ1) is 15.1. The van der Waals surface area contributed by atoms with E-state index >= 15 is 0 Å². The van der Waals surface area contributed by atoms with Gasteiger partial charge in [0.1, 0.15) is 0 Å². The third kappa shape index (κ3) is 4.51. The summed E-state index contributed by atoms with van der Waals surface area (Å²) >= 11 is 0. The van der Waals surface area contributed by atoms with Crippen molar-refractivity contribution in [2.24, 2.45) is 0 Å². The van der Waals surface area contributed by atoms with Crippen LogP contribution in [0.5, 0.6) is 0 Å². The molecule has 0 amide bonds. The van der Waals surface area contributed by atoms with Gasteiger partial charge in [-0.2, -0.15) is 26.3 Å². The standard InChI is InChI=1S/C24H24F6N2/c1-2-32(18-6-5-7-18)11-10-20-19-8-3-4-9-21(19)31-22(20)15-12-16(23(25,26)27)14-17(13-15)24(28,29)30/h3-4,8-9,12-14,18,31H,2,5-7,10-11H2,1H3. The van der Waals surface area contributed by atoms with Crippen molar-refractivity contribution >= 4 is 10.9 Å². The molecule has 2 nitrogen and oxygen atoms in total. The van der Waals surface area contributed by atoms with Crippen molar-refractivity contribution in [2.45, 2.75) is 51.0 Å². The monoisotopic (exact) mass is 454 g/mol. The maximum atomic E-state index is 13.4. The van der Waals surface area contributed by atoms with Gasteiger partial charge in [0.2, 0.25) is 0 Å². The highest BCUT2D eigenvalue weighted by Gasteiger charge is 2.37. The molecular weight excluding hydrogens is 430 g/mol. The Bertz CT molecular complexity index is 1060. The van der Waals surface area contributed by atoms with Gasteiger partial charge < -0.3 is 9.88 Å². The topological polar surface area (TPSA) is 19.0 Å². The number of aromatic nitrogens is 1. The zero-order chi connectivity index (χ0) is 23.1. The van der Waals surface area contributed by atoms with Crippen molar-refractivity contribution in [2.75, 3.05) is 13.1 Å². The number of H-pyrrole nitrogens is 1. The van der Waals surface area contributed by atoms with Gasteiger partial charge in [-0.25, -0.2) is 0 Å². The van der Waals surface area contributed by atoms with Crippen LogP contribution in [0.4, 0.5) is 26.3 Å². The fourth-order valence-electron chi connectivity index (χ4n) is 4.41. The molecule has 0 atom stereocenters. The van der Waals surface area contributed by atoms with E-state index in [2.05, 4.69) is 16.8 Å². The SMILES string of the molecule is CCN(CCc1c(-c2cc(C(F)(F)F)cc(C(F)(F)F)c2)[nH]c2ccccc12)C1CCC1. The summed E-state index contributed by atoms with van der Waals surface area (Å²) < 4.78 is 80.4. The lowest BCUT2D eigenvalue weighted by Gasteiger charge is -2.37. The van der Waals surface area contributed by atoms with Crippen LogP contribution in [0.2, 0.25) is 0 Å². The Labute approximate surface area is 182 Å². The number of hydrogen-bond acceptors (Lipinski definition) is 1. The fraction of sp³-hybridized carbons (Fsp3) is 0.417. The summed E-state index contributed by atoms with van der Waals surface area (Å²) in [6.45, 7) is 3.61. The molecule has 1 aromatic heterocycles. The Balaban J connectivity index is 1.81. The molecule has 0 spiro atoms. The molecule has 1 aliphatic rings.